The lowest BCUT2D eigenvalue weighted by Crippen LogP contribution is -2.27. The van der Waals surface area contributed by atoms with Crippen LogP contribution in [0.5, 0.6) is 0 Å². The maximum Gasteiger partial charge on any atom is 0.276 e. The minimum atomic E-state index is -4.02. The monoisotopic (exact) mass is 487 g/mol. The van der Waals surface area contributed by atoms with Crippen molar-refractivity contribution < 1.29 is 17.6 Å². The number of hydrogen-bond acceptors (Lipinski definition) is 5. The van der Waals surface area contributed by atoms with Gasteiger partial charge in [-0.1, -0.05) is 53.5 Å². The number of nitrogens with zero attached hydrogens (tertiary/aromatic N) is 1. The Bertz CT molecular complexity index is 1480. The summed E-state index contributed by atoms with van der Waals surface area (Å²) in [6.07, 6.45) is 0. The molecule has 0 saturated carbocycles. The number of carbonyl (C=O) groups excluding carboxylic acids is 1. The van der Waals surface area contributed by atoms with Gasteiger partial charge in [-0.05, 0) is 48.5 Å². The zero-order chi connectivity index (χ0) is 22.7. The predicted molar refractivity (Wildman–Crippen MR) is 123 cm³/mol. The first-order valence-electron chi connectivity index (χ1n) is 9.23. The summed E-state index contributed by atoms with van der Waals surface area (Å²) in [4.78, 5) is 15.0. The van der Waals surface area contributed by atoms with Crippen molar-refractivity contribution >= 4 is 55.8 Å². The summed E-state index contributed by atoms with van der Waals surface area (Å²) in [5, 5.41) is 7.94. The Hall–Kier alpha value is -3.33. The number of halogens is 2. The Labute approximate surface area is 193 Å². The highest BCUT2D eigenvalue weighted by molar-refractivity contribution is 7.89. The summed E-state index contributed by atoms with van der Waals surface area (Å²) in [5.74, 6) is -0.572. The lowest BCUT2D eigenvalue weighted by molar-refractivity contribution is 0.102. The van der Waals surface area contributed by atoms with E-state index in [0.29, 0.717) is 26.7 Å². The molecule has 1 heterocycles. The SMILES string of the molecule is O=C(Nc1ccccc1Cl)c1cc2ccccc2o/c1=N\NS(=O)(=O)c1ccc(Cl)cc1. The Kier molecular flexibility index (Phi) is 6.18. The van der Waals surface area contributed by atoms with Gasteiger partial charge in [0.2, 0.25) is 5.55 Å². The van der Waals surface area contributed by atoms with E-state index in [9.17, 15) is 13.2 Å². The lowest BCUT2D eigenvalue weighted by atomic mass is 10.1. The van der Waals surface area contributed by atoms with Crippen LogP contribution >= 0.6 is 23.2 Å². The van der Waals surface area contributed by atoms with Gasteiger partial charge in [0.25, 0.3) is 15.9 Å². The van der Waals surface area contributed by atoms with Gasteiger partial charge in [0.05, 0.1) is 15.6 Å². The topological polar surface area (TPSA) is 101 Å². The number of para-hydroxylation sites is 2. The Morgan fingerprint density at radius 1 is 0.906 bits per heavy atom. The minimum absolute atomic E-state index is 0.0161. The van der Waals surface area contributed by atoms with Gasteiger partial charge < -0.3 is 9.73 Å². The second-order valence-corrected chi connectivity index (χ2v) is 9.10. The number of carbonyl (C=O) groups is 1. The number of fused-ring (bicyclic) bond motifs is 1. The van der Waals surface area contributed by atoms with Crippen LogP contribution in [0.15, 0.2) is 93.3 Å². The van der Waals surface area contributed by atoms with Crippen LogP contribution in [0.1, 0.15) is 10.4 Å². The van der Waals surface area contributed by atoms with E-state index >= 15 is 0 Å². The van der Waals surface area contributed by atoms with Gasteiger partial charge in [0.15, 0.2) is 0 Å². The van der Waals surface area contributed by atoms with Crippen molar-refractivity contribution in [3.63, 3.8) is 0 Å². The number of anilines is 1. The van der Waals surface area contributed by atoms with Crippen LogP contribution in [0.4, 0.5) is 5.69 Å². The van der Waals surface area contributed by atoms with Crippen molar-refractivity contribution in [2.45, 2.75) is 4.90 Å². The Morgan fingerprint density at radius 2 is 1.59 bits per heavy atom. The van der Waals surface area contributed by atoms with E-state index in [4.69, 9.17) is 27.6 Å². The summed E-state index contributed by atoms with van der Waals surface area (Å²) < 4.78 is 30.9. The maximum absolute atomic E-state index is 13.0. The number of amides is 1. The molecule has 4 rings (SSSR count). The van der Waals surface area contributed by atoms with Crippen molar-refractivity contribution in [3.8, 4) is 0 Å². The third-order valence-corrected chi connectivity index (χ3v) is 6.22. The standard InChI is InChI=1S/C22H15Cl2N3O4S/c23-15-9-11-16(12-10-15)32(29,30)27-26-22-17(13-14-5-1-4-8-20(14)31-22)21(28)25-19-7-3-2-6-18(19)24/h1-13,27H,(H,25,28)/b26-22-. The summed E-state index contributed by atoms with van der Waals surface area (Å²) in [5.41, 5.74) is 0.611. The highest BCUT2D eigenvalue weighted by atomic mass is 35.5. The fourth-order valence-corrected chi connectivity index (χ4v) is 3.95. The molecule has 0 aliphatic carbocycles. The van der Waals surface area contributed by atoms with Gasteiger partial charge in [-0.15, -0.1) is 5.10 Å². The molecule has 0 radical (unpaired) electrons. The third kappa shape index (κ3) is 4.77. The molecule has 2 N–H and O–H groups in total. The van der Waals surface area contributed by atoms with Gasteiger partial charge in [-0.3, -0.25) is 4.79 Å². The van der Waals surface area contributed by atoms with Crippen LogP contribution in [0, 0.1) is 0 Å². The first kappa shape index (κ1) is 21.9. The van der Waals surface area contributed by atoms with Crippen LogP contribution in [-0.2, 0) is 10.0 Å². The smallest absolute Gasteiger partial charge is 0.276 e. The molecule has 7 nitrogen and oxygen atoms in total. The third-order valence-electron chi connectivity index (χ3n) is 4.41. The average Bonchev–Trinajstić information content (AvgIpc) is 2.79. The van der Waals surface area contributed by atoms with Crippen molar-refractivity contribution in [1.29, 1.82) is 0 Å². The molecule has 4 aromatic rings. The molecule has 0 unspecified atom stereocenters. The molecule has 162 valence electrons. The van der Waals surface area contributed by atoms with Crippen LogP contribution in [-0.4, -0.2) is 14.3 Å². The molecule has 0 bridgehead atoms. The van der Waals surface area contributed by atoms with E-state index in [-0.39, 0.29) is 16.0 Å². The Morgan fingerprint density at radius 3 is 2.34 bits per heavy atom. The van der Waals surface area contributed by atoms with Gasteiger partial charge in [-0.25, -0.2) is 0 Å². The molecular weight excluding hydrogens is 473 g/mol. The van der Waals surface area contributed by atoms with E-state index in [1.807, 2.05) is 0 Å². The Balaban J connectivity index is 1.76. The van der Waals surface area contributed by atoms with Crippen LogP contribution in [0.2, 0.25) is 10.0 Å². The first-order chi connectivity index (χ1) is 15.3. The van der Waals surface area contributed by atoms with E-state index in [0.717, 1.165) is 0 Å². The van der Waals surface area contributed by atoms with E-state index < -0.39 is 15.9 Å². The van der Waals surface area contributed by atoms with Gasteiger partial charge in [-0.2, -0.15) is 13.2 Å². The normalized spacial score (nSPS) is 12.0. The van der Waals surface area contributed by atoms with Gasteiger partial charge >= 0.3 is 0 Å². The maximum atomic E-state index is 13.0. The molecular formula is C22H15Cl2N3O4S. The van der Waals surface area contributed by atoms with E-state index in [1.54, 1.807) is 54.6 Å². The number of hydrogen-bond donors (Lipinski definition) is 2. The molecule has 1 amide bonds. The minimum Gasteiger partial charge on any atom is -0.436 e. The summed E-state index contributed by atoms with van der Waals surface area (Å²) in [6.45, 7) is 0. The second-order valence-electron chi connectivity index (χ2n) is 6.60. The average molecular weight is 488 g/mol. The molecule has 1 aromatic heterocycles. The lowest BCUT2D eigenvalue weighted by Gasteiger charge is -2.08. The van der Waals surface area contributed by atoms with E-state index in [1.165, 1.54) is 24.3 Å². The van der Waals surface area contributed by atoms with Crippen molar-refractivity contribution in [2.24, 2.45) is 5.10 Å². The number of benzene rings is 3. The van der Waals surface area contributed by atoms with Crippen LogP contribution < -0.4 is 15.7 Å². The number of sulfonamides is 1. The van der Waals surface area contributed by atoms with Crippen LogP contribution in [0.25, 0.3) is 11.0 Å². The molecule has 0 spiro atoms. The molecule has 3 aromatic carbocycles. The summed E-state index contributed by atoms with van der Waals surface area (Å²) >= 11 is 11.9. The number of nitrogens with one attached hydrogen (secondary N) is 2. The molecule has 0 atom stereocenters. The van der Waals surface area contributed by atoms with Crippen molar-refractivity contribution in [3.05, 3.63) is 100 Å². The summed E-state index contributed by atoms with van der Waals surface area (Å²) in [7, 11) is -4.02. The molecule has 0 saturated heterocycles. The molecule has 32 heavy (non-hydrogen) atoms. The van der Waals surface area contributed by atoms with Crippen molar-refractivity contribution in [1.82, 2.24) is 4.83 Å². The first-order valence-corrected chi connectivity index (χ1v) is 11.5. The molecule has 0 fully saturated rings. The van der Waals surface area contributed by atoms with Gasteiger partial charge in [0.1, 0.15) is 11.1 Å². The molecule has 10 heteroatoms. The van der Waals surface area contributed by atoms with Crippen LogP contribution in [0.3, 0.4) is 0 Å². The fourth-order valence-electron chi connectivity index (χ4n) is 2.84. The predicted octanol–water partition coefficient (Wildman–Crippen LogP) is 4.79. The second kappa shape index (κ2) is 9.04. The highest BCUT2D eigenvalue weighted by Gasteiger charge is 2.17. The number of rotatable bonds is 5. The van der Waals surface area contributed by atoms with Crippen molar-refractivity contribution in [2.75, 3.05) is 5.32 Å². The molecule has 0 aliphatic heterocycles. The summed E-state index contributed by atoms with van der Waals surface area (Å²) in [6, 6.07) is 20.8. The quantitative estimate of drug-likeness (QED) is 0.395. The zero-order valence-corrected chi connectivity index (χ0v) is 18.6. The fraction of sp³-hybridized carbons (Fsp3) is 0. The molecule has 0 aliphatic rings. The van der Waals surface area contributed by atoms with E-state index in [2.05, 4.69) is 15.2 Å². The van der Waals surface area contributed by atoms with Gasteiger partial charge in [0, 0.05) is 10.4 Å². The largest absolute Gasteiger partial charge is 0.436 e. The highest BCUT2D eigenvalue weighted by Crippen LogP contribution is 2.21. The zero-order valence-electron chi connectivity index (χ0n) is 16.2.